The predicted octanol–water partition coefficient (Wildman–Crippen LogP) is 6.05. The highest BCUT2D eigenvalue weighted by Crippen LogP contribution is 2.39. The zero-order chi connectivity index (χ0) is 34.4. The summed E-state index contributed by atoms with van der Waals surface area (Å²) in [5, 5.41) is 1.49. The first-order valence-electron chi connectivity index (χ1n) is 15.2. The van der Waals surface area contributed by atoms with E-state index in [0.29, 0.717) is 28.5 Å². The van der Waals surface area contributed by atoms with Crippen LogP contribution >= 0.6 is 11.6 Å². The van der Waals surface area contributed by atoms with Crippen LogP contribution in [-0.4, -0.2) is 54.9 Å². The van der Waals surface area contributed by atoms with Gasteiger partial charge in [0.2, 0.25) is 0 Å². The maximum Gasteiger partial charge on any atom is 0.303 e. The van der Waals surface area contributed by atoms with Crippen LogP contribution in [0.3, 0.4) is 0 Å². The number of halogens is 1. The van der Waals surface area contributed by atoms with Crippen molar-refractivity contribution in [2.24, 2.45) is 0 Å². The summed E-state index contributed by atoms with van der Waals surface area (Å²) in [6.07, 6.45) is -5.39. The third-order valence-corrected chi connectivity index (χ3v) is 7.93. The van der Waals surface area contributed by atoms with E-state index in [1.165, 1.54) is 27.7 Å². The van der Waals surface area contributed by atoms with Gasteiger partial charge in [-0.2, -0.15) is 0 Å². The second kappa shape index (κ2) is 15.4. The van der Waals surface area contributed by atoms with Crippen molar-refractivity contribution in [3.05, 3.63) is 100 Å². The van der Waals surface area contributed by atoms with Gasteiger partial charge >= 0.3 is 23.9 Å². The number of hydrogen-bond donors (Lipinski definition) is 0. The van der Waals surface area contributed by atoms with Gasteiger partial charge in [0.1, 0.15) is 42.5 Å². The summed E-state index contributed by atoms with van der Waals surface area (Å²) in [6.45, 7) is 4.72. The number of carbonyl (C=O) groups is 4. The molecule has 1 aliphatic heterocycles. The van der Waals surface area contributed by atoms with E-state index in [2.05, 4.69) is 0 Å². The number of hydrogen-bond acceptors (Lipinski definition) is 11. The Morgan fingerprint density at radius 3 is 2.08 bits per heavy atom. The second-order valence-electron chi connectivity index (χ2n) is 11.3. The van der Waals surface area contributed by atoms with Gasteiger partial charge in [-0.25, -0.2) is 0 Å². The highest BCUT2D eigenvalue weighted by Gasteiger charge is 2.52. The van der Waals surface area contributed by atoms with Crippen LogP contribution in [0.25, 0.3) is 11.0 Å². The molecule has 0 saturated carbocycles. The predicted molar refractivity (Wildman–Crippen MR) is 172 cm³/mol. The van der Waals surface area contributed by atoms with E-state index in [9.17, 15) is 19.2 Å². The van der Waals surface area contributed by atoms with Crippen LogP contribution in [0, 0.1) is 0 Å². The van der Waals surface area contributed by atoms with Crippen molar-refractivity contribution in [2.45, 2.75) is 71.2 Å². The average molecular weight is 679 g/mol. The van der Waals surface area contributed by atoms with Crippen LogP contribution in [0.15, 0.2) is 77.2 Å². The first kappa shape index (κ1) is 34.5. The Morgan fingerprint density at radius 2 is 1.42 bits per heavy atom. The summed E-state index contributed by atoms with van der Waals surface area (Å²) in [7, 11) is 0. The number of furan rings is 1. The van der Waals surface area contributed by atoms with Gasteiger partial charge in [0.25, 0.3) is 0 Å². The van der Waals surface area contributed by atoms with Crippen LogP contribution in [0.4, 0.5) is 0 Å². The molecular weight excluding hydrogens is 644 g/mol. The first-order valence-corrected chi connectivity index (χ1v) is 15.6. The Morgan fingerprint density at radius 1 is 0.750 bits per heavy atom. The van der Waals surface area contributed by atoms with Gasteiger partial charge in [-0.15, -0.1) is 0 Å². The van der Waals surface area contributed by atoms with E-state index in [0.717, 1.165) is 22.1 Å². The van der Waals surface area contributed by atoms with E-state index >= 15 is 0 Å². The minimum absolute atomic E-state index is 0.276. The number of para-hydroxylation sites is 1. The molecule has 252 valence electrons. The molecule has 5 rings (SSSR count). The fraction of sp³-hybridized carbons (Fsp3) is 0.333. The van der Waals surface area contributed by atoms with Gasteiger partial charge in [0, 0.05) is 38.1 Å². The zero-order valence-corrected chi connectivity index (χ0v) is 27.6. The van der Waals surface area contributed by atoms with Crippen LogP contribution in [0.1, 0.15) is 56.2 Å². The maximum atomic E-state index is 12.3. The molecule has 5 atom stereocenters. The van der Waals surface area contributed by atoms with E-state index in [1.807, 2.05) is 54.6 Å². The van der Waals surface area contributed by atoms with Crippen molar-refractivity contribution in [3.8, 4) is 5.75 Å². The largest absolute Gasteiger partial charge is 0.486 e. The van der Waals surface area contributed by atoms with Crippen molar-refractivity contribution in [1.29, 1.82) is 0 Å². The molecule has 1 aromatic heterocycles. The first-order chi connectivity index (χ1) is 23.0. The third kappa shape index (κ3) is 8.72. The van der Waals surface area contributed by atoms with Gasteiger partial charge in [-0.1, -0.05) is 54.1 Å². The SMILES string of the molecule is CC(=O)OC[C@H]1O[C@@H](c2ccc(Cl)c(Cc3ccc(OCc4cc5ccccc5o4)cc3)c2)C(OC(C)=O)[C@@H](OC(C)=O)C1OC(C)=O. The standard InChI is InChI=1S/C36H35ClO11/c1-20(38)42-19-32-34(44-21(2)39)36(46-23(4)41)35(45-22(3)40)33(48-32)26-11-14-30(37)27(16-26)15-24-9-12-28(13-10-24)43-18-29-17-25-7-5-6-8-31(25)47-29/h5-14,16-17,32-36H,15,18-19H2,1-4H3/t32-,33+,34?,35?,36+/m1/s1. The second-order valence-corrected chi connectivity index (χ2v) is 11.7. The number of carbonyl (C=O) groups excluding carboxylic acids is 4. The van der Waals surface area contributed by atoms with E-state index < -0.39 is 54.4 Å². The van der Waals surface area contributed by atoms with Gasteiger partial charge in [-0.3, -0.25) is 19.2 Å². The molecule has 11 nitrogen and oxygen atoms in total. The molecule has 0 bridgehead atoms. The van der Waals surface area contributed by atoms with Gasteiger partial charge in [0.15, 0.2) is 18.3 Å². The quantitative estimate of drug-likeness (QED) is 0.135. The summed E-state index contributed by atoms with van der Waals surface area (Å²) in [5.41, 5.74) is 3.01. The minimum atomic E-state index is -1.28. The zero-order valence-electron chi connectivity index (χ0n) is 26.8. The Hall–Kier alpha value is -4.87. The van der Waals surface area contributed by atoms with Crippen LogP contribution in [-0.2, 0) is 55.9 Å². The van der Waals surface area contributed by atoms with Gasteiger partial charge < -0.3 is 32.8 Å². The Bertz CT molecular complexity index is 1750. The fourth-order valence-corrected chi connectivity index (χ4v) is 5.77. The topological polar surface area (TPSA) is 137 Å². The lowest BCUT2D eigenvalue weighted by Crippen LogP contribution is -2.59. The molecule has 0 radical (unpaired) electrons. The summed E-state index contributed by atoms with van der Waals surface area (Å²) in [4.78, 5) is 48.2. The molecular formula is C36H35ClO11. The molecule has 0 spiro atoms. The number of rotatable bonds is 11. The molecule has 1 saturated heterocycles. The number of ether oxygens (including phenoxy) is 6. The molecule has 2 unspecified atom stereocenters. The Labute approximate surface area is 281 Å². The molecule has 2 heterocycles. The fourth-order valence-electron chi connectivity index (χ4n) is 5.59. The molecule has 12 heteroatoms. The van der Waals surface area contributed by atoms with Crippen LogP contribution in [0.5, 0.6) is 5.75 Å². The number of esters is 4. The van der Waals surface area contributed by atoms with Crippen molar-refractivity contribution >= 4 is 46.4 Å². The van der Waals surface area contributed by atoms with E-state index in [4.69, 9.17) is 44.4 Å². The molecule has 3 aromatic carbocycles. The molecule has 1 aliphatic rings. The molecule has 4 aromatic rings. The van der Waals surface area contributed by atoms with Gasteiger partial charge in [0.05, 0.1) is 0 Å². The summed E-state index contributed by atoms with van der Waals surface area (Å²) >= 11 is 6.63. The van der Waals surface area contributed by atoms with Crippen molar-refractivity contribution in [3.63, 3.8) is 0 Å². The monoisotopic (exact) mass is 678 g/mol. The molecule has 0 amide bonds. The van der Waals surface area contributed by atoms with Gasteiger partial charge in [-0.05, 0) is 53.4 Å². The lowest BCUT2D eigenvalue weighted by atomic mass is 9.89. The molecule has 0 aliphatic carbocycles. The van der Waals surface area contributed by atoms with E-state index in [-0.39, 0.29) is 13.2 Å². The average Bonchev–Trinajstić information content (AvgIpc) is 3.45. The van der Waals surface area contributed by atoms with Crippen molar-refractivity contribution in [2.75, 3.05) is 6.61 Å². The molecule has 0 N–H and O–H groups in total. The summed E-state index contributed by atoms with van der Waals surface area (Å²) in [5.74, 6) is -1.30. The summed E-state index contributed by atoms with van der Waals surface area (Å²) < 4.78 is 40.0. The molecule has 48 heavy (non-hydrogen) atoms. The molecule has 1 fully saturated rings. The summed E-state index contributed by atoms with van der Waals surface area (Å²) in [6, 6.07) is 22.4. The van der Waals surface area contributed by atoms with Crippen LogP contribution < -0.4 is 4.74 Å². The minimum Gasteiger partial charge on any atom is -0.486 e. The smallest absolute Gasteiger partial charge is 0.303 e. The van der Waals surface area contributed by atoms with E-state index in [1.54, 1.807) is 18.2 Å². The third-order valence-electron chi connectivity index (χ3n) is 7.56. The lowest BCUT2D eigenvalue weighted by Gasteiger charge is -2.44. The Balaban J connectivity index is 1.38. The highest BCUT2D eigenvalue weighted by molar-refractivity contribution is 6.31. The normalized spacial score (nSPS) is 20.5. The van der Waals surface area contributed by atoms with Crippen molar-refractivity contribution in [1.82, 2.24) is 0 Å². The van der Waals surface area contributed by atoms with Crippen molar-refractivity contribution < 1.29 is 52.0 Å². The lowest BCUT2D eigenvalue weighted by molar-refractivity contribution is -0.254. The number of fused-ring (bicyclic) bond motifs is 1. The van der Waals surface area contributed by atoms with Crippen LogP contribution in [0.2, 0.25) is 5.02 Å². The Kier molecular flexibility index (Phi) is 11.0. The highest BCUT2D eigenvalue weighted by atomic mass is 35.5. The number of benzene rings is 3. The maximum absolute atomic E-state index is 12.3.